The van der Waals surface area contributed by atoms with Crippen molar-refractivity contribution in [1.82, 2.24) is 5.32 Å². The Balaban J connectivity index is 1.92. The Bertz CT molecular complexity index is 451. The number of benzene rings is 1. The van der Waals surface area contributed by atoms with E-state index in [1.165, 1.54) is 25.0 Å². The number of nitrogens with zero attached hydrogens (tertiary/aromatic N) is 1. The third kappa shape index (κ3) is 3.26. The zero-order valence-corrected chi connectivity index (χ0v) is 10.4. The predicted octanol–water partition coefficient (Wildman–Crippen LogP) is 3.01. The molecule has 0 amide bonds. The molecule has 0 bridgehead atoms. The van der Waals surface area contributed by atoms with Gasteiger partial charge in [0.1, 0.15) is 5.82 Å². The van der Waals surface area contributed by atoms with E-state index in [4.69, 9.17) is 0 Å². The molecule has 1 aliphatic carbocycles. The molecule has 1 saturated carbocycles. The molecule has 1 aromatic carbocycles. The quantitative estimate of drug-likeness (QED) is 0.625. The molecule has 2 unspecified atom stereocenters. The number of non-ortho nitro benzene ring substituents is 1. The predicted molar refractivity (Wildman–Crippen MR) is 66.7 cm³/mol. The number of rotatable bonds is 6. The van der Waals surface area contributed by atoms with Crippen LogP contribution in [-0.2, 0) is 6.54 Å². The number of hydrogen-bond acceptors (Lipinski definition) is 3. The number of nitrogens with one attached hydrogen (secondary N) is 1. The van der Waals surface area contributed by atoms with Crippen LogP contribution in [0.25, 0.3) is 0 Å². The Morgan fingerprint density at radius 3 is 2.94 bits per heavy atom. The van der Waals surface area contributed by atoms with Crippen molar-refractivity contribution in [1.29, 1.82) is 0 Å². The Hall–Kier alpha value is -1.49. The molecule has 98 valence electrons. The van der Waals surface area contributed by atoms with Crippen molar-refractivity contribution in [2.75, 3.05) is 0 Å². The highest BCUT2D eigenvalue weighted by Crippen LogP contribution is 2.34. The second kappa shape index (κ2) is 5.44. The van der Waals surface area contributed by atoms with Crippen LogP contribution in [0, 0.1) is 21.8 Å². The number of nitro groups is 1. The zero-order chi connectivity index (χ0) is 13.1. The number of hydrogen-bond donors (Lipinski definition) is 1. The van der Waals surface area contributed by atoms with Gasteiger partial charge >= 0.3 is 0 Å². The highest BCUT2D eigenvalue weighted by Gasteiger charge is 2.35. The monoisotopic (exact) mass is 252 g/mol. The van der Waals surface area contributed by atoms with Gasteiger partial charge in [-0.3, -0.25) is 10.1 Å². The lowest BCUT2D eigenvalue weighted by Crippen LogP contribution is -2.17. The van der Waals surface area contributed by atoms with E-state index in [1.54, 1.807) is 0 Å². The van der Waals surface area contributed by atoms with Gasteiger partial charge in [-0.05, 0) is 30.4 Å². The summed E-state index contributed by atoms with van der Waals surface area (Å²) < 4.78 is 13.2. The normalized spacial score (nSPS) is 21.9. The fourth-order valence-electron chi connectivity index (χ4n) is 2.28. The van der Waals surface area contributed by atoms with Crippen molar-refractivity contribution in [3.05, 3.63) is 39.7 Å². The van der Waals surface area contributed by atoms with E-state index >= 15 is 0 Å². The SMILES string of the molecule is CCCC1CC1NCc1cc(F)cc([N+](=O)[O-])c1. The molecule has 18 heavy (non-hydrogen) atoms. The molecule has 2 rings (SSSR count). The smallest absolute Gasteiger partial charge is 0.272 e. The molecule has 0 aromatic heterocycles. The molecule has 1 N–H and O–H groups in total. The van der Waals surface area contributed by atoms with Gasteiger partial charge in [-0.2, -0.15) is 0 Å². The van der Waals surface area contributed by atoms with Crippen LogP contribution in [0.15, 0.2) is 18.2 Å². The Labute approximate surface area is 105 Å². The minimum atomic E-state index is -0.566. The van der Waals surface area contributed by atoms with Crippen LogP contribution in [0.3, 0.4) is 0 Å². The first-order chi connectivity index (χ1) is 8.60. The van der Waals surface area contributed by atoms with Crippen LogP contribution in [0.4, 0.5) is 10.1 Å². The summed E-state index contributed by atoms with van der Waals surface area (Å²) in [5, 5.41) is 13.9. The third-order valence-electron chi connectivity index (χ3n) is 3.30. The maximum atomic E-state index is 13.2. The number of nitro benzene ring substituents is 1. The van der Waals surface area contributed by atoms with Gasteiger partial charge < -0.3 is 5.32 Å². The van der Waals surface area contributed by atoms with E-state index in [1.807, 2.05) is 0 Å². The summed E-state index contributed by atoms with van der Waals surface area (Å²) in [6.07, 6.45) is 3.54. The maximum absolute atomic E-state index is 13.2. The lowest BCUT2D eigenvalue weighted by Gasteiger charge is -2.04. The summed E-state index contributed by atoms with van der Waals surface area (Å²) in [6, 6.07) is 4.21. The van der Waals surface area contributed by atoms with Crippen LogP contribution in [-0.4, -0.2) is 11.0 Å². The van der Waals surface area contributed by atoms with E-state index in [2.05, 4.69) is 12.2 Å². The minimum Gasteiger partial charge on any atom is -0.310 e. The van der Waals surface area contributed by atoms with Crippen LogP contribution in [0.1, 0.15) is 31.7 Å². The van der Waals surface area contributed by atoms with Crippen molar-refractivity contribution < 1.29 is 9.31 Å². The third-order valence-corrected chi connectivity index (χ3v) is 3.30. The molecule has 0 radical (unpaired) electrons. The second-order valence-corrected chi connectivity index (χ2v) is 4.85. The molecule has 0 heterocycles. The molecular weight excluding hydrogens is 235 g/mol. The summed E-state index contributed by atoms with van der Waals surface area (Å²) in [5.41, 5.74) is 0.441. The van der Waals surface area contributed by atoms with Crippen molar-refractivity contribution >= 4 is 5.69 Å². The van der Waals surface area contributed by atoms with Gasteiger partial charge in [0.2, 0.25) is 0 Å². The van der Waals surface area contributed by atoms with Crippen molar-refractivity contribution in [2.45, 2.75) is 38.8 Å². The summed E-state index contributed by atoms with van der Waals surface area (Å²) in [7, 11) is 0. The first kappa shape index (κ1) is 13.0. The zero-order valence-electron chi connectivity index (χ0n) is 10.4. The van der Waals surface area contributed by atoms with E-state index in [-0.39, 0.29) is 5.69 Å². The van der Waals surface area contributed by atoms with Crippen molar-refractivity contribution in [2.24, 2.45) is 5.92 Å². The average Bonchev–Trinajstić information content (AvgIpc) is 3.05. The van der Waals surface area contributed by atoms with Gasteiger partial charge in [-0.1, -0.05) is 13.3 Å². The highest BCUT2D eigenvalue weighted by atomic mass is 19.1. The molecule has 5 heteroatoms. The summed E-state index contributed by atoms with van der Waals surface area (Å²) in [5.74, 6) is 0.167. The van der Waals surface area contributed by atoms with Gasteiger partial charge in [0.15, 0.2) is 0 Å². The minimum absolute atomic E-state index is 0.187. The van der Waals surface area contributed by atoms with Crippen molar-refractivity contribution in [3.8, 4) is 0 Å². The lowest BCUT2D eigenvalue weighted by molar-refractivity contribution is -0.385. The number of halogens is 1. The summed E-state index contributed by atoms with van der Waals surface area (Å²) in [6.45, 7) is 2.65. The van der Waals surface area contributed by atoms with Crippen LogP contribution in [0.2, 0.25) is 0 Å². The van der Waals surface area contributed by atoms with Gasteiger partial charge in [0.25, 0.3) is 5.69 Å². The summed E-state index contributed by atoms with van der Waals surface area (Å²) in [4.78, 5) is 10.0. The highest BCUT2D eigenvalue weighted by molar-refractivity contribution is 5.35. The molecule has 4 nitrogen and oxygen atoms in total. The molecule has 2 atom stereocenters. The van der Waals surface area contributed by atoms with E-state index in [0.29, 0.717) is 18.2 Å². The average molecular weight is 252 g/mol. The molecule has 1 fully saturated rings. The van der Waals surface area contributed by atoms with Crippen LogP contribution >= 0.6 is 0 Å². The standard InChI is InChI=1S/C13H17FN2O2/c1-2-3-10-6-13(10)15-8-9-4-11(14)7-12(5-9)16(17)18/h4-5,7,10,13,15H,2-3,6,8H2,1H3. The van der Waals surface area contributed by atoms with Gasteiger partial charge in [0, 0.05) is 18.7 Å². The van der Waals surface area contributed by atoms with Crippen molar-refractivity contribution in [3.63, 3.8) is 0 Å². The molecule has 0 saturated heterocycles. The Morgan fingerprint density at radius 2 is 2.28 bits per heavy atom. The Kier molecular flexibility index (Phi) is 3.91. The lowest BCUT2D eigenvalue weighted by atomic mass is 10.2. The van der Waals surface area contributed by atoms with Gasteiger partial charge in [-0.15, -0.1) is 0 Å². The summed E-state index contributed by atoms with van der Waals surface area (Å²) >= 11 is 0. The molecule has 1 aromatic rings. The van der Waals surface area contributed by atoms with E-state index in [9.17, 15) is 14.5 Å². The largest absolute Gasteiger partial charge is 0.310 e. The van der Waals surface area contributed by atoms with Crippen LogP contribution < -0.4 is 5.32 Å². The first-order valence-electron chi connectivity index (χ1n) is 6.27. The van der Waals surface area contributed by atoms with Gasteiger partial charge in [-0.25, -0.2) is 4.39 Å². The topological polar surface area (TPSA) is 55.2 Å². The molecule has 1 aliphatic rings. The van der Waals surface area contributed by atoms with E-state index in [0.717, 1.165) is 18.4 Å². The molecular formula is C13H17FN2O2. The second-order valence-electron chi connectivity index (χ2n) is 4.85. The fraction of sp³-hybridized carbons (Fsp3) is 0.538. The first-order valence-corrected chi connectivity index (χ1v) is 6.27. The maximum Gasteiger partial charge on any atom is 0.272 e. The fourth-order valence-corrected chi connectivity index (χ4v) is 2.28. The van der Waals surface area contributed by atoms with E-state index < -0.39 is 10.7 Å². The van der Waals surface area contributed by atoms with Crippen LogP contribution in [0.5, 0.6) is 0 Å². The molecule has 0 aliphatic heterocycles. The Morgan fingerprint density at radius 1 is 1.50 bits per heavy atom. The van der Waals surface area contributed by atoms with Gasteiger partial charge in [0.05, 0.1) is 11.0 Å². The molecule has 0 spiro atoms.